The Balaban J connectivity index is 2.06. The van der Waals surface area contributed by atoms with Crippen molar-refractivity contribution in [2.75, 3.05) is 25.4 Å². The number of nitrogens with one attached hydrogen (secondary N) is 2. The topological polar surface area (TPSA) is 110 Å². The van der Waals surface area contributed by atoms with Crippen molar-refractivity contribution in [2.45, 2.75) is 6.42 Å². The molecule has 20 heavy (non-hydrogen) atoms. The van der Waals surface area contributed by atoms with Crippen molar-refractivity contribution in [2.24, 2.45) is 0 Å². The standard InChI is InChI=1S/C13H16N4O3/c14-12-2-1-10(17(19)20)7-11(12)13(18)16-8-9-3-5-15-6-4-9/h1-3,7,15H,4-6,8,14H2,(H,16,18). The number of nitro benzene ring substituents is 1. The zero-order valence-corrected chi connectivity index (χ0v) is 10.9. The van der Waals surface area contributed by atoms with Gasteiger partial charge in [-0.15, -0.1) is 0 Å². The number of hydrogen-bond donors (Lipinski definition) is 3. The van der Waals surface area contributed by atoms with Crippen LogP contribution in [0.1, 0.15) is 16.8 Å². The number of benzene rings is 1. The van der Waals surface area contributed by atoms with Crippen LogP contribution in [0.15, 0.2) is 29.8 Å². The number of non-ortho nitro benzene ring substituents is 1. The Bertz CT molecular complexity index is 569. The zero-order chi connectivity index (χ0) is 14.5. The van der Waals surface area contributed by atoms with Crippen LogP contribution in [-0.4, -0.2) is 30.5 Å². The molecule has 0 radical (unpaired) electrons. The predicted molar refractivity (Wildman–Crippen MR) is 75.4 cm³/mol. The van der Waals surface area contributed by atoms with Gasteiger partial charge in [0.2, 0.25) is 0 Å². The number of hydrogen-bond acceptors (Lipinski definition) is 5. The van der Waals surface area contributed by atoms with Gasteiger partial charge in [0.25, 0.3) is 11.6 Å². The van der Waals surface area contributed by atoms with E-state index in [4.69, 9.17) is 5.73 Å². The van der Waals surface area contributed by atoms with Crippen LogP contribution in [0.25, 0.3) is 0 Å². The first-order valence-corrected chi connectivity index (χ1v) is 6.28. The fourth-order valence-corrected chi connectivity index (χ4v) is 1.97. The highest BCUT2D eigenvalue weighted by molar-refractivity contribution is 5.99. The van der Waals surface area contributed by atoms with E-state index in [1.165, 1.54) is 18.2 Å². The fourth-order valence-electron chi connectivity index (χ4n) is 1.97. The lowest BCUT2D eigenvalue weighted by Crippen LogP contribution is -2.30. The van der Waals surface area contributed by atoms with Gasteiger partial charge >= 0.3 is 0 Å². The van der Waals surface area contributed by atoms with Crippen molar-refractivity contribution in [3.05, 3.63) is 45.5 Å². The normalized spacial score (nSPS) is 14.5. The summed E-state index contributed by atoms with van der Waals surface area (Å²) in [6, 6.07) is 3.85. The third-order valence-electron chi connectivity index (χ3n) is 3.13. The summed E-state index contributed by atoms with van der Waals surface area (Å²) >= 11 is 0. The maximum absolute atomic E-state index is 12.0. The molecule has 106 valence electrons. The largest absolute Gasteiger partial charge is 0.398 e. The van der Waals surface area contributed by atoms with E-state index >= 15 is 0 Å². The van der Waals surface area contributed by atoms with Gasteiger partial charge in [-0.3, -0.25) is 14.9 Å². The molecule has 0 atom stereocenters. The molecule has 1 amide bonds. The van der Waals surface area contributed by atoms with E-state index in [1.54, 1.807) is 0 Å². The van der Waals surface area contributed by atoms with Gasteiger partial charge in [-0.2, -0.15) is 0 Å². The SMILES string of the molecule is Nc1ccc([N+](=O)[O-])cc1C(=O)NCC1=CCNCC1. The molecule has 0 spiro atoms. The molecular formula is C13H16N4O3. The first kappa shape index (κ1) is 14.0. The number of amides is 1. The van der Waals surface area contributed by atoms with Crippen molar-refractivity contribution < 1.29 is 9.72 Å². The van der Waals surface area contributed by atoms with E-state index in [0.29, 0.717) is 6.54 Å². The van der Waals surface area contributed by atoms with Crippen molar-refractivity contribution >= 4 is 17.3 Å². The van der Waals surface area contributed by atoms with E-state index in [2.05, 4.69) is 10.6 Å². The van der Waals surface area contributed by atoms with Crippen LogP contribution >= 0.6 is 0 Å². The molecule has 7 nitrogen and oxygen atoms in total. The van der Waals surface area contributed by atoms with E-state index < -0.39 is 10.8 Å². The van der Waals surface area contributed by atoms with Crippen molar-refractivity contribution in [1.82, 2.24) is 10.6 Å². The number of anilines is 1. The molecule has 0 unspecified atom stereocenters. The molecule has 0 bridgehead atoms. The quantitative estimate of drug-likeness (QED) is 0.326. The van der Waals surface area contributed by atoms with E-state index in [0.717, 1.165) is 25.1 Å². The fraction of sp³-hybridized carbons (Fsp3) is 0.308. The number of nitrogens with zero attached hydrogens (tertiary/aromatic N) is 1. The van der Waals surface area contributed by atoms with Crippen LogP contribution in [0.4, 0.5) is 11.4 Å². The second-order valence-electron chi connectivity index (χ2n) is 4.53. The van der Waals surface area contributed by atoms with Gasteiger partial charge in [-0.25, -0.2) is 0 Å². The van der Waals surface area contributed by atoms with E-state index in [-0.39, 0.29) is 16.9 Å². The average molecular weight is 276 g/mol. The first-order valence-electron chi connectivity index (χ1n) is 6.28. The van der Waals surface area contributed by atoms with Gasteiger partial charge in [0.15, 0.2) is 0 Å². The molecule has 2 rings (SSSR count). The molecule has 0 saturated carbocycles. The average Bonchev–Trinajstić information content (AvgIpc) is 2.46. The van der Waals surface area contributed by atoms with E-state index in [9.17, 15) is 14.9 Å². The first-order chi connectivity index (χ1) is 9.58. The Labute approximate surface area is 116 Å². The summed E-state index contributed by atoms with van der Waals surface area (Å²) in [5.74, 6) is -0.398. The maximum Gasteiger partial charge on any atom is 0.270 e. The Kier molecular flexibility index (Phi) is 4.31. The number of carbonyl (C=O) groups is 1. The van der Waals surface area contributed by atoms with Crippen LogP contribution in [0.3, 0.4) is 0 Å². The Hall–Kier alpha value is -2.41. The van der Waals surface area contributed by atoms with Crippen molar-refractivity contribution in [3.8, 4) is 0 Å². The summed E-state index contributed by atoms with van der Waals surface area (Å²) < 4.78 is 0. The van der Waals surface area contributed by atoms with Crippen LogP contribution in [-0.2, 0) is 0 Å². The molecule has 0 aliphatic carbocycles. The van der Waals surface area contributed by atoms with Crippen molar-refractivity contribution in [3.63, 3.8) is 0 Å². The summed E-state index contributed by atoms with van der Waals surface area (Å²) in [5.41, 5.74) is 7.05. The molecule has 1 aliphatic rings. The molecule has 7 heteroatoms. The Morgan fingerprint density at radius 3 is 2.95 bits per heavy atom. The lowest BCUT2D eigenvalue weighted by molar-refractivity contribution is -0.384. The van der Waals surface area contributed by atoms with Crippen LogP contribution in [0.5, 0.6) is 0 Å². The van der Waals surface area contributed by atoms with Crippen LogP contribution in [0.2, 0.25) is 0 Å². The minimum Gasteiger partial charge on any atom is -0.398 e. The zero-order valence-electron chi connectivity index (χ0n) is 10.9. The molecule has 0 saturated heterocycles. The molecule has 4 N–H and O–H groups in total. The van der Waals surface area contributed by atoms with E-state index in [1.807, 2.05) is 6.08 Å². The number of carbonyl (C=O) groups excluding carboxylic acids is 1. The number of nitrogen functional groups attached to an aromatic ring is 1. The predicted octanol–water partition coefficient (Wildman–Crippen LogP) is 0.826. The summed E-state index contributed by atoms with van der Waals surface area (Å²) in [4.78, 5) is 22.2. The number of rotatable bonds is 4. The molecule has 0 fully saturated rings. The number of nitrogens with two attached hydrogens (primary N) is 1. The second-order valence-corrected chi connectivity index (χ2v) is 4.53. The highest BCUT2D eigenvalue weighted by Gasteiger charge is 2.15. The van der Waals surface area contributed by atoms with Crippen molar-refractivity contribution in [1.29, 1.82) is 0 Å². The summed E-state index contributed by atoms with van der Waals surface area (Å²) in [6.07, 6.45) is 2.91. The third kappa shape index (κ3) is 3.33. The molecular weight excluding hydrogens is 260 g/mol. The summed E-state index contributed by atoms with van der Waals surface area (Å²) in [7, 11) is 0. The monoisotopic (exact) mass is 276 g/mol. The highest BCUT2D eigenvalue weighted by atomic mass is 16.6. The van der Waals surface area contributed by atoms with Crippen LogP contribution in [0, 0.1) is 10.1 Å². The van der Waals surface area contributed by atoms with Gasteiger partial charge in [0.1, 0.15) is 0 Å². The van der Waals surface area contributed by atoms with Gasteiger partial charge in [0, 0.05) is 30.9 Å². The summed E-state index contributed by atoms with van der Waals surface area (Å²) in [6.45, 7) is 2.12. The molecule has 0 aromatic heterocycles. The molecule has 1 aromatic rings. The maximum atomic E-state index is 12.0. The van der Waals surface area contributed by atoms with Gasteiger partial charge in [-0.05, 0) is 19.0 Å². The van der Waals surface area contributed by atoms with Crippen LogP contribution < -0.4 is 16.4 Å². The Morgan fingerprint density at radius 1 is 1.50 bits per heavy atom. The minimum absolute atomic E-state index is 0.133. The van der Waals surface area contributed by atoms with Gasteiger partial charge in [-0.1, -0.05) is 11.6 Å². The highest BCUT2D eigenvalue weighted by Crippen LogP contribution is 2.19. The molecule has 1 heterocycles. The van der Waals surface area contributed by atoms with Gasteiger partial charge < -0.3 is 16.4 Å². The summed E-state index contributed by atoms with van der Waals surface area (Å²) in [5, 5.41) is 16.6. The third-order valence-corrected chi connectivity index (χ3v) is 3.13. The van der Waals surface area contributed by atoms with Gasteiger partial charge in [0.05, 0.1) is 10.5 Å². The molecule has 1 aromatic carbocycles. The lowest BCUT2D eigenvalue weighted by atomic mass is 10.1. The smallest absolute Gasteiger partial charge is 0.270 e. The minimum atomic E-state index is -0.550. The molecule has 1 aliphatic heterocycles. The second kappa shape index (κ2) is 6.16. The lowest BCUT2D eigenvalue weighted by Gasteiger charge is -2.15. The Morgan fingerprint density at radius 2 is 2.30 bits per heavy atom. The number of nitro groups is 1.